The first-order valence-electron chi connectivity index (χ1n) is 9.12. The van der Waals surface area contributed by atoms with Gasteiger partial charge >= 0.3 is 0 Å². The van der Waals surface area contributed by atoms with Gasteiger partial charge in [-0.1, -0.05) is 13.8 Å². The molecule has 0 aromatic carbocycles. The molecule has 2 amide bonds. The minimum absolute atomic E-state index is 0.153. The zero-order valence-electron chi connectivity index (χ0n) is 16.0. The van der Waals surface area contributed by atoms with Crippen LogP contribution in [0.15, 0.2) is 0 Å². The Morgan fingerprint density at radius 2 is 1.62 bits per heavy atom. The van der Waals surface area contributed by atoms with Crippen molar-refractivity contribution in [2.75, 3.05) is 67.0 Å². The molecule has 0 aromatic heterocycles. The monoisotopic (exact) mass is 338 g/mol. The van der Waals surface area contributed by atoms with E-state index in [9.17, 15) is 9.59 Å². The predicted octanol–water partition coefficient (Wildman–Crippen LogP) is 0.587. The molecule has 2 saturated heterocycles. The van der Waals surface area contributed by atoms with E-state index >= 15 is 0 Å². The van der Waals surface area contributed by atoms with Crippen molar-refractivity contribution in [3.05, 3.63) is 0 Å². The van der Waals surface area contributed by atoms with Crippen molar-refractivity contribution < 1.29 is 9.59 Å². The number of carbonyl (C=O) groups excluding carboxylic acids is 2. The minimum Gasteiger partial charge on any atom is -0.339 e. The van der Waals surface area contributed by atoms with E-state index in [0.29, 0.717) is 38.6 Å². The fourth-order valence-electron chi connectivity index (χ4n) is 3.87. The van der Waals surface area contributed by atoms with Crippen LogP contribution in [0.3, 0.4) is 0 Å². The first-order chi connectivity index (χ1) is 11.2. The molecule has 0 aromatic rings. The van der Waals surface area contributed by atoms with Crippen molar-refractivity contribution in [1.82, 2.24) is 19.6 Å². The quantitative estimate of drug-likeness (QED) is 0.753. The molecule has 6 nitrogen and oxygen atoms in total. The number of hydrogen-bond acceptors (Lipinski definition) is 4. The second kappa shape index (κ2) is 7.83. The summed E-state index contributed by atoms with van der Waals surface area (Å²) in [4.78, 5) is 33.3. The van der Waals surface area contributed by atoms with Gasteiger partial charge in [0.05, 0.1) is 6.54 Å². The van der Waals surface area contributed by atoms with Crippen molar-refractivity contribution >= 4 is 11.8 Å². The van der Waals surface area contributed by atoms with Crippen molar-refractivity contribution in [3.63, 3.8) is 0 Å². The maximum absolute atomic E-state index is 13.1. The maximum Gasteiger partial charge on any atom is 0.236 e. The van der Waals surface area contributed by atoms with E-state index in [0.717, 1.165) is 19.5 Å². The summed E-state index contributed by atoms with van der Waals surface area (Å²) in [5.41, 5.74) is -0.329. The molecule has 1 unspecified atom stereocenters. The largest absolute Gasteiger partial charge is 0.339 e. The summed E-state index contributed by atoms with van der Waals surface area (Å²) in [6.45, 7) is 9.39. The normalized spacial score (nSPS) is 23.7. The Hall–Kier alpha value is -1.14. The Morgan fingerprint density at radius 3 is 2.17 bits per heavy atom. The summed E-state index contributed by atoms with van der Waals surface area (Å²) in [6.07, 6.45) is 2.30. The first kappa shape index (κ1) is 19.2. The summed E-state index contributed by atoms with van der Waals surface area (Å²) >= 11 is 0. The summed E-state index contributed by atoms with van der Waals surface area (Å²) in [7, 11) is 5.95. The zero-order chi connectivity index (χ0) is 17.9. The van der Waals surface area contributed by atoms with Gasteiger partial charge in [-0.2, -0.15) is 0 Å². The highest BCUT2D eigenvalue weighted by Gasteiger charge is 2.41. The molecule has 0 N–H and O–H groups in total. The standard InChI is InChI=1S/C18H34N4O2/c1-18(2,15-7-6-8-20(5)13-15)17(24)22-11-9-21(10-12-22)16(23)14-19(3)4/h15H,6-14H2,1-5H3. The molecule has 0 aliphatic carbocycles. The molecule has 2 rings (SSSR count). The molecule has 0 radical (unpaired) electrons. The Morgan fingerprint density at radius 1 is 1.04 bits per heavy atom. The van der Waals surface area contributed by atoms with Crippen LogP contribution in [0.2, 0.25) is 0 Å². The van der Waals surface area contributed by atoms with Gasteiger partial charge in [0, 0.05) is 38.1 Å². The molecule has 6 heteroatoms. The maximum atomic E-state index is 13.1. The van der Waals surface area contributed by atoms with Crippen molar-refractivity contribution in [3.8, 4) is 0 Å². The van der Waals surface area contributed by atoms with Crippen LogP contribution in [0.25, 0.3) is 0 Å². The van der Waals surface area contributed by atoms with E-state index in [1.807, 2.05) is 28.8 Å². The van der Waals surface area contributed by atoms with E-state index in [2.05, 4.69) is 25.8 Å². The molecule has 2 heterocycles. The first-order valence-corrected chi connectivity index (χ1v) is 9.12. The lowest BCUT2D eigenvalue weighted by Gasteiger charge is -2.44. The predicted molar refractivity (Wildman–Crippen MR) is 95.7 cm³/mol. The highest BCUT2D eigenvalue weighted by Crippen LogP contribution is 2.35. The average Bonchev–Trinajstić information content (AvgIpc) is 2.53. The third kappa shape index (κ3) is 4.48. The molecule has 2 aliphatic rings. The van der Waals surface area contributed by atoms with Gasteiger partial charge in [-0.05, 0) is 46.4 Å². The molecule has 0 bridgehead atoms. The minimum atomic E-state index is -0.329. The lowest BCUT2D eigenvalue weighted by molar-refractivity contribution is -0.149. The number of likely N-dealkylation sites (N-methyl/N-ethyl adjacent to an activating group) is 1. The summed E-state index contributed by atoms with van der Waals surface area (Å²) < 4.78 is 0. The highest BCUT2D eigenvalue weighted by atomic mass is 16.2. The molecule has 0 saturated carbocycles. The lowest BCUT2D eigenvalue weighted by Crippen LogP contribution is -2.56. The Kier molecular flexibility index (Phi) is 6.26. The molecule has 2 fully saturated rings. The van der Waals surface area contributed by atoms with Crippen molar-refractivity contribution in [2.45, 2.75) is 26.7 Å². The summed E-state index contributed by atoms with van der Waals surface area (Å²) in [5, 5.41) is 0. The number of hydrogen-bond donors (Lipinski definition) is 0. The number of likely N-dealkylation sites (tertiary alicyclic amines) is 1. The van der Waals surface area contributed by atoms with E-state index in [4.69, 9.17) is 0 Å². The van der Waals surface area contributed by atoms with Gasteiger partial charge in [0.15, 0.2) is 0 Å². The Balaban J connectivity index is 1.90. The van der Waals surface area contributed by atoms with Gasteiger partial charge in [-0.25, -0.2) is 0 Å². The molecule has 24 heavy (non-hydrogen) atoms. The lowest BCUT2D eigenvalue weighted by atomic mass is 9.73. The second-order valence-corrected chi connectivity index (χ2v) is 8.23. The van der Waals surface area contributed by atoms with Crippen LogP contribution in [-0.2, 0) is 9.59 Å². The number of rotatable bonds is 4. The fourth-order valence-corrected chi connectivity index (χ4v) is 3.87. The highest BCUT2D eigenvalue weighted by molar-refractivity contribution is 5.83. The third-order valence-corrected chi connectivity index (χ3v) is 5.57. The SMILES string of the molecule is CN(C)CC(=O)N1CCN(C(=O)C(C)(C)C2CCCN(C)C2)CC1. The smallest absolute Gasteiger partial charge is 0.236 e. The van der Waals surface area contributed by atoms with Crippen LogP contribution in [0.4, 0.5) is 0 Å². The topological polar surface area (TPSA) is 47.1 Å². The van der Waals surface area contributed by atoms with Crippen molar-refractivity contribution in [1.29, 1.82) is 0 Å². The van der Waals surface area contributed by atoms with Crippen LogP contribution < -0.4 is 0 Å². The van der Waals surface area contributed by atoms with Gasteiger partial charge in [0.1, 0.15) is 0 Å². The molecule has 2 aliphatic heterocycles. The summed E-state index contributed by atoms with van der Waals surface area (Å²) in [6, 6.07) is 0. The second-order valence-electron chi connectivity index (χ2n) is 8.23. The molecule has 1 atom stereocenters. The van der Waals surface area contributed by atoms with E-state index in [1.54, 1.807) is 0 Å². The number of nitrogens with zero attached hydrogens (tertiary/aromatic N) is 4. The molecular weight excluding hydrogens is 304 g/mol. The Labute approximate surface area is 146 Å². The van der Waals surface area contributed by atoms with Gasteiger partial charge in [-0.3, -0.25) is 9.59 Å². The van der Waals surface area contributed by atoms with Crippen LogP contribution in [0.1, 0.15) is 26.7 Å². The average molecular weight is 338 g/mol. The van der Waals surface area contributed by atoms with Crippen LogP contribution in [-0.4, -0.2) is 98.4 Å². The fraction of sp³-hybridized carbons (Fsp3) is 0.889. The van der Waals surface area contributed by atoms with Crippen LogP contribution >= 0.6 is 0 Å². The summed E-state index contributed by atoms with van der Waals surface area (Å²) in [5.74, 6) is 0.819. The Bertz CT molecular complexity index is 456. The van der Waals surface area contributed by atoms with Crippen LogP contribution in [0.5, 0.6) is 0 Å². The van der Waals surface area contributed by atoms with Gasteiger partial charge in [0.2, 0.25) is 11.8 Å². The van der Waals surface area contributed by atoms with E-state index in [-0.39, 0.29) is 17.2 Å². The molecular formula is C18H34N4O2. The third-order valence-electron chi connectivity index (χ3n) is 5.57. The zero-order valence-corrected chi connectivity index (χ0v) is 16.0. The van der Waals surface area contributed by atoms with Gasteiger partial charge in [0.25, 0.3) is 0 Å². The van der Waals surface area contributed by atoms with E-state index in [1.165, 1.54) is 6.42 Å². The number of carbonyl (C=O) groups is 2. The van der Waals surface area contributed by atoms with Crippen LogP contribution in [0, 0.1) is 11.3 Å². The van der Waals surface area contributed by atoms with Gasteiger partial charge in [-0.15, -0.1) is 0 Å². The van der Waals surface area contributed by atoms with E-state index < -0.39 is 0 Å². The van der Waals surface area contributed by atoms with Crippen molar-refractivity contribution in [2.24, 2.45) is 11.3 Å². The molecule has 0 spiro atoms. The van der Waals surface area contributed by atoms with Gasteiger partial charge < -0.3 is 19.6 Å². The number of amides is 2. The number of piperazine rings is 1. The molecule has 138 valence electrons. The number of piperidine rings is 1.